The minimum absolute atomic E-state index is 0.125. The molecule has 0 atom stereocenters. The Bertz CT molecular complexity index is 380. The summed E-state index contributed by atoms with van der Waals surface area (Å²) in [5, 5.41) is 0. The van der Waals surface area contributed by atoms with Gasteiger partial charge in [0.1, 0.15) is 5.56 Å². The highest BCUT2D eigenvalue weighted by Crippen LogP contribution is 1.75. The van der Waals surface area contributed by atoms with Crippen LogP contribution in [0.5, 0.6) is 0 Å². The first-order valence-corrected chi connectivity index (χ1v) is 2.52. The van der Waals surface area contributed by atoms with Gasteiger partial charge >= 0.3 is 5.69 Å². The zero-order chi connectivity index (χ0) is 7.56. The van der Waals surface area contributed by atoms with E-state index in [0.717, 1.165) is 0 Å². The first kappa shape index (κ1) is 6.36. The van der Waals surface area contributed by atoms with Crippen LogP contribution in [-0.2, 0) is 0 Å². The van der Waals surface area contributed by atoms with Gasteiger partial charge in [-0.15, -0.1) is 6.42 Å². The molecule has 1 rings (SSSR count). The summed E-state index contributed by atoms with van der Waals surface area (Å²) in [7, 11) is 0. The van der Waals surface area contributed by atoms with Crippen molar-refractivity contribution in [2.45, 2.75) is 0 Å². The van der Waals surface area contributed by atoms with Crippen molar-refractivity contribution < 1.29 is 0 Å². The van der Waals surface area contributed by atoms with Crippen molar-refractivity contribution in [3.8, 4) is 12.3 Å². The molecule has 10 heavy (non-hydrogen) atoms. The molecule has 0 aliphatic heterocycles. The number of aromatic nitrogens is 2. The van der Waals surface area contributed by atoms with Crippen molar-refractivity contribution in [2.75, 3.05) is 0 Å². The van der Waals surface area contributed by atoms with Crippen LogP contribution in [0.25, 0.3) is 0 Å². The Morgan fingerprint density at radius 3 is 2.70 bits per heavy atom. The second-order valence-corrected chi connectivity index (χ2v) is 1.63. The van der Waals surface area contributed by atoms with E-state index >= 15 is 0 Å². The Morgan fingerprint density at radius 2 is 2.20 bits per heavy atom. The Labute approximate surface area is 55.9 Å². The molecule has 4 nitrogen and oxygen atoms in total. The molecular formula is C6H4N2O2. The van der Waals surface area contributed by atoms with Gasteiger partial charge in [0.25, 0.3) is 5.56 Å². The lowest BCUT2D eigenvalue weighted by atomic mass is 10.4. The molecule has 0 fully saturated rings. The zero-order valence-corrected chi connectivity index (χ0v) is 4.97. The fraction of sp³-hybridized carbons (Fsp3) is 0. The van der Waals surface area contributed by atoms with E-state index in [9.17, 15) is 9.59 Å². The zero-order valence-electron chi connectivity index (χ0n) is 4.97. The number of H-pyrrole nitrogens is 2. The van der Waals surface area contributed by atoms with Crippen LogP contribution in [0.15, 0.2) is 15.8 Å². The lowest BCUT2D eigenvalue weighted by Gasteiger charge is -1.84. The highest BCUT2D eigenvalue weighted by atomic mass is 16.3. The van der Waals surface area contributed by atoms with Crippen molar-refractivity contribution in [1.29, 1.82) is 0 Å². The second kappa shape index (κ2) is 2.23. The third-order valence-electron chi connectivity index (χ3n) is 0.975. The quantitative estimate of drug-likeness (QED) is 0.455. The Kier molecular flexibility index (Phi) is 1.42. The lowest BCUT2D eigenvalue weighted by molar-refractivity contribution is 1.03. The standard InChI is InChI=1S/C6H4N2O2/c1-2-4-3-7-6(10)8-5(4)9/h1,3H,(H2,7,8,9,10)/i6+1,7+1,8+1. The van der Waals surface area contributed by atoms with Crippen LogP contribution in [0, 0.1) is 12.3 Å². The normalized spacial score (nSPS) is 8.70. The Balaban J connectivity index is 3.53. The number of aromatic amines is 2. The maximum absolute atomic E-state index is 10.7. The summed E-state index contributed by atoms with van der Waals surface area (Å²) >= 11 is 0. The largest absolute Gasteiger partial charge is 0.325 e. The molecule has 0 unspecified atom stereocenters. The van der Waals surface area contributed by atoms with Crippen molar-refractivity contribution in [1.82, 2.24) is 9.97 Å². The average Bonchev–Trinajstić information content (AvgIpc) is 1.88. The Morgan fingerprint density at radius 1 is 1.50 bits per heavy atom. The number of hydrogen-bond donors (Lipinski definition) is 2. The van der Waals surface area contributed by atoms with Crippen LogP contribution < -0.4 is 11.2 Å². The molecule has 0 saturated heterocycles. The van der Waals surface area contributed by atoms with Gasteiger partial charge in [-0.1, -0.05) is 5.92 Å². The molecular weight excluding hydrogens is 135 g/mol. The minimum atomic E-state index is -0.552. The third-order valence-corrected chi connectivity index (χ3v) is 0.975. The van der Waals surface area contributed by atoms with Gasteiger partial charge in [0.2, 0.25) is 0 Å². The van der Waals surface area contributed by atoms with Gasteiger partial charge in [-0.3, -0.25) is 9.78 Å². The summed E-state index contributed by atoms with van der Waals surface area (Å²) in [6, 6.07) is 0. The summed E-state index contributed by atoms with van der Waals surface area (Å²) in [6.45, 7) is 0. The van der Waals surface area contributed by atoms with Gasteiger partial charge < -0.3 is 4.98 Å². The van der Waals surface area contributed by atoms with E-state index in [4.69, 9.17) is 6.42 Å². The molecule has 0 saturated carbocycles. The molecule has 1 aromatic rings. The fourth-order valence-electron chi connectivity index (χ4n) is 0.517. The predicted octanol–water partition coefficient (Wildman–Crippen LogP) is -0.956. The van der Waals surface area contributed by atoms with Crippen molar-refractivity contribution in [2.24, 2.45) is 0 Å². The number of terminal acetylenes is 1. The molecule has 50 valence electrons. The van der Waals surface area contributed by atoms with Gasteiger partial charge in [-0.05, 0) is 0 Å². The Hall–Kier alpha value is -1.76. The minimum Gasteiger partial charge on any atom is -0.313 e. The number of hydrogen-bond acceptors (Lipinski definition) is 2. The van der Waals surface area contributed by atoms with Crippen LogP contribution in [0.4, 0.5) is 0 Å². The monoisotopic (exact) mass is 139 g/mol. The topological polar surface area (TPSA) is 65.7 Å². The summed E-state index contributed by atoms with van der Waals surface area (Å²) in [5.41, 5.74) is -0.963. The molecule has 0 aliphatic carbocycles. The van der Waals surface area contributed by atoms with Crippen molar-refractivity contribution in [3.05, 3.63) is 32.6 Å². The van der Waals surface area contributed by atoms with E-state index in [1.54, 1.807) is 0 Å². The van der Waals surface area contributed by atoms with E-state index in [0.29, 0.717) is 0 Å². The summed E-state index contributed by atoms with van der Waals surface area (Å²) < 4.78 is 0. The molecule has 0 aliphatic rings. The van der Waals surface area contributed by atoms with Crippen LogP contribution in [0.2, 0.25) is 0 Å². The fourth-order valence-corrected chi connectivity index (χ4v) is 0.517. The first-order chi connectivity index (χ1) is 4.74. The highest BCUT2D eigenvalue weighted by Gasteiger charge is 1.92. The number of nitrogens with one attached hydrogen (secondary N) is 2. The van der Waals surface area contributed by atoms with Crippen LogP contribution >= 0.6 is 0 Å². The van der Waals surface area contributed by atoms with Crippen LogP contribution in [0.3, 0.4) is 0 Å². The molecule has 1 aromatic heterocycles. The summed E-state index contributed by atoms with van der Waals surface area (Å²) in [6.07, 6.45) is 6.10. The summed E-state index contributed by atoms with van der Waals surface area (Å²) in [4.78, 5) is 25.3. The van der Waals surface area contributed by atoms with E-state index in [1.165, 1.54) is 6.20 Å². The van der Waals surface area contributed by atoms with E-state index < -0.39 is 11.2 Å². The molecule has 0 spiro atoms. The third kappa shape index (κ3) is 0.977. The molecule has 1 heterocycles. The van der Waals surface area contributed by atoms with E-state index in [-0.39, 0.29) is 5.56 Å². The molecule has 0 amide bonds. The summed E-state index contributed by atoms with van der Waals surface area (Å²) in [5.74, 6) is 2.11. The molecule has 4 heteroatoms. The smallest absolute Gasteiger partial charge is 0.313 e. The second-order valence-electron chi connectivity index (χ2n) is 1.63. The first-order valence-electron chi connectivity index (χ1n) is 2.52. The SMILES string of the molecule is C#Cc1c[15nH][13c](=O)[15nH]c1=O. The van der Waals surface area contributed by atoms with Gasteiger partial charge in [0, 0.05) is 6.20 Å². The number of rotatable bonds is 0. The average molecular weight is 139 g/mol. The maximum Gasteiger partial charge on any atom is 0.325 e. The lowest BCUT2D eigenvalue weighted by Crippen LogP contribution is -2.23. The van der Waals surface area contributed by atoms with E-state index in [2.05, 4.69) is 10.9 Å². The van der Waals surface area contributed by atoms with E-state index in [1.807, 2.05) is 4.98 Å². The van der Waals surface area contributed by atoms with Crippen LogP contribution in [-0.4, -0.2) is 9.97 Å². The van der Waals surface area contributed by atoms with Gasteiger partial charge in [0.05, 0.1) is 0 Å². The molecule has 0 aromatic carbocycles. The highest BCUT2D eigenvalue weighted by molar-refractivity contribution is 5.25. The van der Waals surface area contributed by atoms with Crippen molar-refractivity contribution in [3.63, 3.8) is 0 Å². The molecule has 0 bridgehead atoms. The van der Waals surface area contributed by atoms with Gasteiger partial charge in [-0.25, -0.2) is 4.79 Å². The maximum atomic E-state index is 10.7. The van der Waals surface area contributed by atoms with Crippen LogP contribution in [0.1, 0.15) is 5.56 Å². The molecule has 2 N–H and O–H groups in total. The van der Waals surface area contributed by atoms with Gasteiger partial charge in [0.15, 0.2) is 0 Å². The molecule has 0 radical (unpaired) electrons. The predicted molar refractivity (Wildman–Crippen MR) is 35.6 cm³/mol. The van der Waals surface area contributed by atoms with Crippen molar-refractivity contribution >= 4 is 0 Å². The van der Waals surface area contributed by atoms with Gasteiger partial charge in [-0.2, -0.15) is 0 Å².